The van der Waals surface area contributed by atoms with Crippen LogP contribution in [-0.4, -0.2) is 29.5 Å². The number of hydrogen-bond donors (Lipinski definition) is 2. The molecule has 1 amide bonds. The van der Waals surface area contributed by atoms with Gasteiger partial charge in [-0.2, -0.15) is 0 Å². The van der Waals surface area contributed by atoms with E-state index in [0.717, 1.165) is 24.1 Å². The highest BCUT2D eigenvalue weighted by molar-refractivity contribution is 5.93. The summed E-state index contributed by atoms with van der Waals surface area (Å²) in [4.78, 5) is 19.1. The molecule has 0 saturated heterocycles. The third kappa shape index (κ3) is 3.51. The number of nitrogens with zero attached hydrogens (tertiary/aromatic N) is 1. The molecular weight excluding hydrogens is 290 g/mol. The van der Waals surface area contributed by atoms with Crippen molar-refractivity contribution in [2.45, 2.75) is 12.8 Å². The van der Waals surface area contributed by atoms with Crippen LogP contribution >= 0.6 is 0 Å². The molecule has 2 N–H and O–H groups in total. The summed E-state index contributed by atoms with van der Waals surface area (Å²) in [5.74, 6) is 0.789. The summed E-state index contributed by atoms with van der Waals surface area (Å²) in [6.07, 6.45) is 7.03. The van der Waals surface area contributed by atoms with Crippen molar-refractivity contribution in [1.82, 2.24) is 15.3 Å². The maximum absolute atomic E-state index is 11.9. The largest absolute Gasteiger partial charge is 0.497 e. The zero-order chi connectivity index (χ0) is 16.1. The molecule has 0 aliphatic rings. The second-order valence-electron chi connectivity index (χ2n) is 5.32. The number of aromatic nitrogens is 2. The van der Waals surface area contributed by atoms with Crippen LogP contribution in [0, 0.1) is 0 Å². The number of ether oxygens (including phenoxy) is 1. The monoisotopic (exact) mass is 309 g/mol. The number of hydrogen-bond acceptors (Lipinski definition) is 3. The number of nitrogens with one attached hydrogen (secondary N) is 2. The van der Waals surface area contributed by atoms with Gasteiger partial charge in [0.1, 0.15) is 5.75 Å². The first-order valence-electron chi connectivity index (χ1n) is 7.60. The van der Waals surface area contributed by atoms with Gasteiger partial charge in [-0.25, -0.2) is 0 Å². The van der Waals surface area contributed by atoms with Crippen molar-refractivity contribution in [1.29, 1.82) is 0 Å². The summed E-state index contributed by atoms with van der Waals surface area (Å²) in [5, 5.41) is 4.10. The maximum atomic E-state index is 11.9. The van der Waals surface area contributed by atoms with Crippen LogP contribution in [0.1, 0.15) is 22.3 Å². The van der Waals surface area contributed by atoms with E-state index in [1.54, 1.807) is 31.6 Å². The Balaban J connectivity index is 1.56. The van der Waals surface area contributed by atoms with Crippen molar-refractivity contribution in [3.05, 3.63) is 60.0 Å². The minimum absolute atomic E-state index is 0.0620. The Morgan fingerprint density at radius 2 is 2.09 bits per heavy atom. The second-order valence-corrected chi connectivity index (χ2v) is 5.32. The quantitative estimate of drug-likeness (QED) is 0.688. The van der Waals surface area contributed by atoms with Gasteiger partial charge in [0.2, 0.25) is 0 Å². The molecule has 0 atom stereocenters. The summed E-state index contributed by atoms with van der Waals surface area (Å²) in [7, 11) is 1.67. The molecule has 0 fully saturated rings. The molecule has 118 valence electrons. The van der Waals surface area contributed by atoms with Crippen LogP contribution in [0.2, 0.25) is 0 Å². The SMILES string of the molecule is COc1ccc2[nH]cc(CCCNC(=O)c3ccncc3)c2c1. The van der Waals surface area contributed by atoms with Gasteiger partial charge >= 0.3 is 0 Å². The van der Waals surface area contributed by atoms with Gasteiger partial charge < -0.3 is 15.0 Å². The molecule has 0 saturated carbocycles. The Morgan fingerprint density at radius 3 is 2.87 bits per heavy atom. The summed E-state index contributed by atoms with van der Waals surface area (Å²) in [6.45, 7) is 0.637. The Hall–Kier alpha value is -2.82. The highest BCUT2D eigenvalue weighted by atomic mass is 16.5. The third-order valence-corrected chi connectivity index (χ3v) is 3.83. The van der Waals surface area contributed by atoms with Gasteiger partial charge in [-0.1, -0.05) is 0 Å². The fourth-order valence-electron chi connectivity index (χ4n) is 2.58. The van der Waals surface area contributed by atoms with Gasteiger partial charge in [0.25, 0.3) is 5.91 Å². The zero-order valence-electron chi connectivity index (χ0n) is 13.0. The Labute approximate surface area is 134 Å². The number of methoxy groups -OCH3 is 1. The van der Waals surface area contributed by atoms with Crippen molar-refractivity contribution < 1.29 is 9.53 Å². The number of H-pyrrole nitrogens is 1. The highest BCUT2D eigenvalue weighted by Crippen LogP contribution is 2.24. The van der Waals surface area contributed by atoms with E-state index < -0.39 is 0 Å². The number of benzene rings is 1. The number of carbonyl (C=O) groups excluding carboxylic acids is 1. The highest BCUT2D eigenvalue weighted by Gasteiger charge is 2.06. The van der Waals surface area contributed by atoms with Crippen LogP contribution in [0.4, 0.5) is 0 Å². The fourth-order valence-corrected chi connectivity index (χ4v) is 2.58. The van der Waals surface area contributed by atoms with Gasteiger partial charge in [-0.3, -0.25) is 9.78 Å². The number of aromatic amines is 1. The van der Waals surface area contributed by atoms with Crippen LogP contribution in [0.5, 0.6) is 5.75 Å². The summed E-state index contributed by atoms with van der Waals surface area (Å²) in [6, 6.07) is 9.42. The number of amides is 1. The standard InChI is InChI=1S/C18H19N3O2/c1-23-15-4-5-17-16(11-15)14(12-21-17)3-2-8-20-18(22)13-6-9-19-10-7-13/h4-7,9-12,21H,2-3,8H2,1H3,(H,20,22). The average molecular weight is 309 g/mol. The molecule has 5 heteroatoms. The number of rotatable bonds is 6. The first kappa shape index (κ1) is 15.1. The molecule has 3 aromatic rings. The number of carbonyl (C=O) groups is 1. The molecule has 2 heterocycles. The predicted octanol–water partition coefficient (Wildman–Crippen LogP) is 2.93. The summed E-state index contributed by atoms with van der Waals surface area (Å²) < 4.78 is 5.28. The van der Waals surface area contributed by atoms with Crippen LogP contribution in [0.25, 0.3) is 10.9 Å². The van der Waals surface area contributed by atoms with Crippen molar-refractivity contribution in [3.8, 4) is 5.75 Å². The van der Waals surface area contributed by atoms with E-state index in [1.807, 2.05) is 24.4 Å². The Morgan fingerprint density at radius 1 is 1.26 bits per heavy atom. The van der Waals surface area contributed by atoms with Gasteiger partial charge in [-0.15, -0.1) is 0 Å². The molecule has 0 aliphatic heterocycles. The molecule has 0 aliphatic carbocycles. The lowest BCUT2D eigenvalue weighted by Crippen LogP contribution is -2.24. The van der Waals surface area contributed by atoms with Crippen LogP contribution in [0.3, 0.4) is 0 Å². The molecule has 23 heavy (non-hydrogen) atoms. The molecule has 5 nitrogen and oxygen atoms in total. The first-order valence-corrected chi connectivity index (χ1v) is 7.60. The first-order chi connectivity index (χ1) is 11.3. The van der Waals surface area contributed by atoms with Crippen molar-refractivity contribution in [2.75, 3.05) is 13.7 Å². The van der Waals surface area contributed by atoms with Crippen LogP contribution in [0.15, 0.2) is 48.9 Å². The van der Waals surface area contributed by atoms with E-state index in [4.69, 9.17) is 4.74 Å². The number of fused-ring (bicyclic) bond motifs is 1. The van der Waals surface area contributed by atoms with Gasteiger partial charge in [-0.05, 0) is 48.7 Å². The lowest BCUT2D eigenvalue weighted by atomic mass is 10.1. The fraction of sp³-hybridized carbons (Fsp3) is 0.222. The molecule has 0 radical (unpaired) electrons. The van der Waals surface area contributed by atoms with Crippen LogP contribution in [-0.2, 0) is 6.42 Å². The van der Waals surface area contributed by atoms with Crippen molar-refractivity contribution in [2.24, 2.45) is 0 Å². The van der Waals surface area contributed by atoms with E-state index >= 15 is 0 Å². The van der Waals surface area contributed by atoms with E-state index in [0.29, 0.717) is 12.1 Å². The molecule has 1 aromatic carbocycles. The van der Waals surface area contributed by atoms with Crippen LogP contribution < -0.4 is 10.1 Å². The van der Waals surface area contributed by atoms with E-state index in [1.165, 1.54) is 10.9 Å². The van der Waals surface area contributed by atoms with Gasteiger partial charge in [0.05, 0.1) is 7.11 Å². The van der Waals surface area contributed by atoms with Gasteiger partial charge in [0, 0.05) is 41.6 Å². The molecule has 0 unspecified atom stereocenters. The number of pyridine rings is 1. The topological polar surface area (TPSA) is 67.0 Å². The number of aryl methyl sites for hydroxylation is 1. The predicted molar refractivity (Wildman–Crippen MR) is 89.7 cm³/mol. The Kier molecular flexibility index (Phi) is 4.57. The lowest BCUT2D eigenvalue weighted by molar-refractivity contribution is 0.0953. The minimum atomic E-state index is -0.0620. The van der Waals surface area contributed by atoms with Crippen molar-refractivity contribution >= 4 is 16.8 Å². The average Bonchev–Trinajstić information content (AvgIpc) is 3.01. The molecule has 3 rings (SSSR count). The minimum Gasteiger partial charge on any atom is -0.497 e. The second kappa shape index (κ2) is 6.96. The smallest absolute Gasteiger partial charge is 0.251 e. The normalized spacial score (nSPS) is 10.7. The van der Waals surface area contributed by atoms with E-state index in [9.17, 15) is 4.79 Å². The molecular formula is C18H19N3O2. The van der Waals surface area contributed by atoms with E-state index in [2.05, 4.69) is 15.3 Å². The van der Waals surface area contributed by atoms with E-state index in [-0.39, 0.29) is 5.91 Å². The lowest BCUT2D eigenvalue weighted by Gasteiger charge is -2.05. The molecule has 2 aromatic heterocycles. The van der Waals surface area contributed by atoms with Crippen molar-refractivity contribution in [3.63, 3.8) is 0 Å². The van der Waals surface area contributed by atoms with Gasteiger partial charge in [0.15, 0.2) is 0 Å². The third-order valence-electron chi connectivity index (χ3n) is 3.83. The summed E-state index contributed by atoms with van der Waals surface area (Å²) >= 11 is 0. The summed E-state index contributed by atoms with van der Waals surface area (Å²) in [5.41, 5.74) is 2.97. The molecule has 0 bridgehead atoms. The maximum Gasteiger partial charge on any atom is 0.251 e. The molecule has 0 spiro atoms. The Bertz CT molecular complexity index is 796. The zero-order valence-corrected chi connectivity index (χ0v) is 13.0.